The number of fused-ring (bicyclic) bond motifs is 1. The fourth-order valence-electron chi connectivity index (χ4n) is 2.68. The number of nitrogens with zero attached hydrogens (tertiary/aromatic N) is 2. The molecule has 3 rings (SSSR count). The highest BCUT2D eigenvalue weighted by atomic mass is 32.2. The van der Waals surface area contributed by atoms with Gasteiger partial charge < -0.3 is 5.32 Å². The second-order valence-corrected chi connectivity index (χ2v) is 6.90. The van der Waals surface area contributed by atoms with E-state index in [1.807, 2.05) is 24.0 Å². The number of nitrogens with one attached hydrogen (secondary N) is 1. The third-order valence-electron chi connectivity index (χ3n) is 3.61. The zero-order valence-corrected chi connectivity index (χ0v) is 13.4. The minimum atomic E-state index is 0.569. The van der Waals surface area contributed by atoms with Crippen LogP contribution in [0.2, 0.25) is 0 Å². The standard InChI is InChI=1S/C17H21N3S/c1-12(2)9-15-11-21-17(20-15)19-10-14-6-3-5-13-7-4-8-18-16(13)14/h3-8,12,15H,9-11H2,1-2H3,(H,19,20). The van der Waals surface area contributed by atoms with Crippen LogP contribution in [0.5, 0.6) is 0 Å². The second-order valence-electron chi connectivity index (χ2n) is 5.90. The molecule has 1 aromatic heterocycles. The molecule has 1 aliphatic heterocycles. The molecule has 0 aliphatic carbocycles. The van der Waals surface area contributed by atoms with Crippen molar-refractivity contribution < 1.29 is 0 Å². The lowest BCUT2D eigenvalue weighted by atomic mass is 10.1. The molecule has 0 saturated carbocycles. The molecule has 1 aliphatic rings. The van der Waals surface area contributed by atoms with E-state index < -0.39 is 0 Å². The fourth-order valence-corrected chi connectivity index (χ4v) is 3.66. The quantitative estimate of drug-likeness (QED) is 0.932. The van der Waals surface area contributed by atoms with Gasteiger partial charge in [-0.15, -0.1) is 0 Å². The summed E-state index contributed by atoms with van der Waals surface area (Å²) in [5.41, 5.74) is 2.25. The van der Waals surface area contributed by atoms with E-state index in [4.69, 9.17) is 4.99 Å². The number of aromatic nitrogens is 1. The minimum Gasteiger partial charge on any atom is -0.361 e. The van der Waals surface area contributed by atoms with E-state index in [-0.39, 0.29) is 0 Å². The maximum absolute atomic E-state index is 4.73. The maximum Gasteiger partial charge on any atom is 0.157 e. The van der Waals surface area contributed by atoms with Gasteiger partial charge in [0.15, 0.2) is 5.17 Å². The first-order chi connectivity index (χ1) is 10.2. The molecule has 0 amide bonds. The van der Waals surface area contributed by atoms with Crippen molar-refractivity contribution in [1.82, 2.24) is 10.3 Å². The van der Waals surface area contributed by atoms with Gasteiger partial charge in [-0.25, -0.2) is 0 Å². The van der Waals surface area contributed by atoms with Gasteiger partial charge in [0.2, 0.25) is 0 Å². The Labute approximate surface area is 130 Å². The molecule has 1 fully saturated rings. The number of pyridine rings is 1. The first-order valence-electron chi connectivity index (χ1n) is 7.49. The third kappa shape index (κ3) is 3.56. The van der Waals surface area contributed by atoms with Crippen LogP contribution in [0.3, 0.4) is 0 Å². The van der Waals surface area contributed by atoms with E-state index in [0.29, 0.717) is 12.6 Å². The SMILES string of the molecule is CC(C)CC1CSC(=NCc2cccc3cccnc23)N1. The Morgan fingerprint density at radius 2 is 2.19 bits per heavy atom. The van der Waals surface area contributed by atoms with Crippen molar-refractivity contribution in [2.75, 3.05) is 5.75 Å². The Morgan fingerprint density at radius 1 is 1.33 bits per heavy atom. The number of hydrogen-bond acceptors (Lipinski definition) is 3. The Bertz CT molecular complexity index is 646. The molecular formula is C17H21N3S. The predicted molar refractivity (Wildman–Crippen MR) is 91.7 cm³/mol. The van der Waals surface area contributed by atoms with Gasteiger partial charge in [0, 0.05) is 23.4 Å². The Morgan fingerprint density at radius 3 is 3.05 bits per heavy atom. The van der Waals surface area contributed by atoms with Crippen molar-refractivity contribution in [1.29, 1.82) is 0 Å². The van der Waals surface area contributed by atoms with Crippen molar-refractivity contribution in [3.8, 4) is 0 Å². The molecular weight excluding hydrogens is 278 g/mol. The van der Waals surface area contributed by atoms with Crippen LogP contribution in [-0.4, -0.2) is 21.9 Å². The molecule has 1 N–H and O–H groups in total. The smallest absolute Gasteiger partial charge is 0.157 e. The predicted octanol–water partition coefficient (Wildman–Crippen LogP) is 3.84. The molecule has 2 aromatic rings. The average molecular weight is 299 g/mol. The van der Waals surface area contributed by atoms with Crippen LogP contribution in [0.15, 0.2) is 41.5 Å². The molecule has 0 spiro atoms. The van der Waals surface area contributed by atoms with Gasteiger partial charge in [0.1, 0.15) is 0 Å². The van der Waals surface area contributed by atoms with Crippen molar-refractivity contribution in [2.24, 2.45) is 10.9 Å². The van der Waals surface area contributed by atoms with E-state index in [1.54, 1.807) is 0 Å². The minimum absolute atomic E-state index is 0.569. The van der Waals surface area contributed by atoms with E-state index in [2.05, 4.69) is 48.4 Å². The Balaban J connectivity index is 1.71. The van der Waals surface area contributed by atoms with E-state index in [0.717, 1.165) is 22.4 Å². The normalized spacial score (nSPS) is 20.3. The molecule has 1 atom stereocenters. The second kappa shape index (κ2) is 6.48. The number of amidine groups is 1. The lowest BCUT2D eigenvalue weighted by molar-refractivity contribution is 0.502. The lowest BCUT2D eigenvalue weighted by Crippen LogP contribution is -2.28. The molecule has 2 heterocycles. The summed E-state index contributed by atoms with van der Waals surface area (Å²) in [6.07, 6.45) is 3.06. The van der Waals surface area contributed by atoms with Crippen LogP contribution < -0.4 is 5.32 Å². The summed E-state index contributed by atoms with van der Waals surface area (Å²) in [5.74, 6) is 1.86. The first-order valence-corrected chi connectivity index (χ1v) is 8.47. The summed E-state index contributed by atoms with van der Waals surface area (Å²) < 4.78 is 0. The van der Waals surface area contributed by atoms with Gasteiger partial charge in [-0.2, -0.15) is 0 Å². The summed E-state index contributed by atoms with van der Waals surface area (Å²) in [7, 11) is 0. The molecule has 21 heavy (non-hydrogen) atoms. The van der Waals surface area contributed by atoms with E-state index in [9.17, 15) is 0 Å². The molecule has 4 heteroatoms. The molecule has 1 saturated heterocycles. The highest BCUT2D eigenvalue weighted by Gasteiger charge is 2.20. The number of rotatable bonds is 4. The molecule has 110 valence electrons. The maximum atomic E-state index is 4.73. The average Bonchev–Trinajstić information content (AvgIpc) is 2.92. The van der Waals surface area contributed by atoms with Gasteiger partial charge in [-0.3, -0.25) is 9.98 Å². The van der Waals surface area contributed by atoms with Gasteiger partial charge in [0.25, 0.3) is 0 Å². The molecule has 3 nitrogen and oxygen atoms in total. The summed E-state index contributed by atoms with van der Waals surface area (Å²) in [6.45, 7) is 5.23. The van der Waals surface area contributed by atoms with Crippen LogP contribution >= 0.6 is 11.8 Å². The number of para-hydroxylation sites is 1. The van der Waals surface area contributed by atoms with Crippen LogP contribution in [0, 0.1) is 5.92 Å². The van der Waals surface area contributed by atoms with Crippen molar-refractivity contribution >= 4 is 27.8 Å². The number of hydrogen-bond donors (Lipinski definition) is 1. The van der Waals surface area contributed by atoms with Gasteiger partial charge in [-0.1, -0.05) is 49.9 Å². The van der Waals surface area contributed by atoms with E-state index in [1.165, 1.54) is 17.4 Å². The summed E-state index contributed by atoms with van der Waals surface area (Å²) in [6, 6.07) is 10.9. The lowest BCUT2D eigenvalue weighted by Gasteiger charge is -2.11. The number of aliphatic imine (C=N–C) groups is 1. The highest BCUT2D eigenvalue weighted by molar-refractivity contribution is 8.14. The molecule has 0 radical (unpaired) electrons. The summed E-state index contributed by atoms with van der Waals surface area (Å²) >= 11 is 1.84. The zero-order valence-electron chi connectivity index (χ0n) is 12.5. The number of thioether (sulfide) groups is 1. The number of benzene rings is 1. The summed E-state index contributed by atoms with van der Waals surface area (Å²) in [5, 5.41) is 5.79. The Hall–Kier alpha value is -1.55. The van der Waals surface area contributed by atoms with Gasteiger partial charge in [-0.05, 0) is 24.0 Å². The van der Waals surface area contributed by atoms with Crippen molar-refractivity contribution in [3.63, 3.8) is 0 Å². The van der Waals surface area contributed by atoms with Crippen molar-refractivity contribution in [2.45, 2.75) is 32.9 Å². The molecule has 1 unspecified atom stereocenters. The molecule has 1 aromatic carbocycles. The first kappa shape index (κ1) is 14.4. The largest absolute Gasteiger partial charge is 0.361 e. The van der Waals surface area contributed by atoms with Gasteiger partial charge >= 0.3 is 0 Å². The molecule has 0 bridgehead atoms. The van der Waals surface area contributed by atoms with Crippen LogP contribution in [-0.2, 0) is 6.54 Å². The van der Waals surface area contributed by atoms with Crippen LogP contribution in [0.1, 0.15) is 25.8 Å². The topological polar surface area (TPSA) is 37.3 Å². The fraction of sp³-hybridized carbons (Fsp3) is 0.412. The van der Waals surface area contributed by atoms with Gasteiger partial charge in [0.05, 0.1) is 12.1 Å². The van der Waals surface area contributed by atoms with Crippen LogP contribution in [0.4, 0.5) is 0 Å². The van der Waals surface area contributed by atoms with Crippen molar-refractivity contribution in [3.05, 3.63) is 42.1 Å². The third-order valence-corrected chi connectivity index (χ3v) is 4.70. The zero-order chi connectivity index (χ0) is 14.7. The van der Waals surface area contributed by atoms with E-state index >= 15 is 0 Å². The summed E-state index contributed by atoms with van der Waals surface area (Å²) in [4.78, 5) is 9.21. The highest BCUT2D eigenvalue weighted by Crippen LogP contribution is 2.21. The van der Waals surface area contributed by atoms with Crippen LogP contribution in [0.25, 0.3) is 10.9 Å². The monoisotopic (exact) mass is 299 g/mol. The Kier molecular flexibility index (Phi) is 4.44.